The number of hydrogen-bond acceptors (Lipinski definition) is 6. The summed E-state index contributed by atoms with van der Waals surface area (Å²) in [7, 11) is -6.77. The third-order valence-electron chi connectivity index (χ3n) is 3.48. The lowest BCUT2D eigenvalue weighted by atomic mass is 10.2. The Hall–Kier alpha value is -2.14. The van der Waals surface area contributed by atoms with Crippen molar-refractivity contribution in [2.24, 2.45) is 0 Å². The van der Waals surface area contributed by atoms with Crippen molar-refractivity contribution in [2.75, 3.05) is 11.8 Å². The molecule has 0 fully saturated rings. The average Bonchev–Trinajstić information content (AvgIpc) is 2.63. The Labute approximate surface area is 169 Å². The molecule has 0 atom stereocenters. The van der Waals surface area contributed by atoms with Crippen LogP contribution < -0.4 is 9.44 Å². The predicted molar refractivity (Wildman–Crippen MR) is 105 cm³/mol. The molecule has 0 unspecified atom stereocenters. The van der Waals surface area contributed by atoms with Gasteiger partial charge in [0.15, 0.2) is 0 Å². The summed E-state index contributed by atoms with van der Waals surface area (Å²) in [4.78, 5) is 11.5. The summed E-state index contributed by atoms with van der Waals surface area (Å²) in [5.41, 5.74) is 0.0732. The molecule has 0 heterocycles. The molecule has 2 N–H and O–H groups in total. The fourth-order valence-corrected chi connectivity index (χ4v) is 4.33. The fraction of sp³-hybridized carbons (Fsp3) is 0.235. The van der Waals surface area contributed by atoms with Crippen LogP contribution in [0.4, 0.5) is 5.69 Å². The molecule has 0 aliphatic rings. The zero-order valence-electron chi connectivity index (χ0n) is 15.3. The van der Waals surface area contributed by atoms with Gasteiger partial charge in [0.1, 0.15) is 0 Å². The van der Waals surface area contributed by atoms with Gasteiger partial charge in [0.2, 0.25) is 10.0 Å². The first-order valence-corrected chi connectivity index (χ1v) is 11.4. The van der Waals surface area contributed by atoms with Crippen molar-refractivity contribution >= 4 is 43.3 Å². The minimum Gasteiger partial charge on any atom is -0.459 e. The number of halogens is 1. The Morgan fingerprint density at radius 1 is 1.00 bits per heavy atom. The molecule has 28 heavy (non-hydrogen) atoms. The van der Waals surface area contributed by atoms with Crippen LogP contribution in [0.2, 0.25) is 5.02 Å². The Bertz CT molecular complexity index is 1100. The number of nitrogens with one attached hydrogen (secondary N) is 2. The molecule has 0 bridgehead atoms. The standard InChI is InChI=1S/C17H19ClN2O6S2/c1-11(2)26-17(21)12-7-8-15(18)16(9-12)20-28(24,25)14-6-4-5-13(10-14)27(22,23)19-3/h4-11,19-20H,1-3H3. The first kappa shape index (κ1) is 22.2. The lowest BCUT2D eigenvalue weighted by Crippen LogP contribution is -2.20. The van der Waals surface area contributed by atoms with E-state index in [9.17, 15) is 21.6 Å². The first-order valence-electron chi connectivity index (χ1n) is 8.03. The maximum atomic E-state index is 12.7. The Balaban J connectivity index is 2.40. The second-order valence-corrected chi connectivity index (χ2v) is 9.91. The van der Waals surface area contributed by atoms with Gasteiger partial charge in [-0.25, -0.2) is 26.4 Å². The smallest absolute Gasteiger partial charge is 0.338 e. The minimum atomic E-state index is -4.17. The molecule has 152 valence electrons. The molecule has 2 rings (SSSR count). The van der Waals surface area contributed by atoms with Gasteiger partial charge >= 0.3 is 5.97 Å². The van der Waals surface area contributed by atoms with Gasteiger partial charge < -0.3 is 4.74 Å². The van der Waals surface area contributed by atoms with Crippen LogP contribution in [-0.4, -0.2) is 36.0 Å². The van der Waals surface area contributed by atoms with E-state index in [0.717, 1.165) is 6.07 Å². The van der Waals surface area contributed by atoms with E-state index < -0.39 is 26.0 Å². The van der Waals surface area contributed by atoms with Crippen LogP contribution in [0.3, 0.4) is 0 Å². The third-order valence-corrected chi connectivity index (χ3v) is 6.59. The molecule has 0 amide bonds. The largest absolute Gasteiger partial charge is 0.459 e. The van der Waals surface area contributed by atoms with Gasteiger partial charge in [-0.3, -0.25) is 4.72 Å². The zero-order valence-corrected chi connectivity index (χ0v) is 17.7. The summed E-state index contributed by atoms with van der Waals surface area (Å²) in [6.07, 6.45) is -0.347. The molecule has 0 aromatic heterocycles. The van der Waals surface area contributed by atoms with Crippen LogP contribution in [0.5, 0.6) is 0 Å². The zero-order chi connectivity index (χ0) is 21.1. The van der Waals surface area contributed by atoms with Gasteiger partial charge in [-0.05, 0) is 57.3 Å². The SMILES string of the molecule is CNS(=O)(=O)c1cccc(S(=O)(=O)Nc2cc(C(=O)OC(C)C)ccc2Cl)c1. The highest BCUT2D eigenvalue weighted by molar-refractivity contribution is 7.93. The number of sulfonamides is 2. The minimum absolute atomic E-state index is 0.0400. The van der Waals surface area contributed by atoms with Crippen molar-refractivity contribution in [1.29, 1.82) is 0 Å². The van der Waals surface area contributed by atoms with E-state index in [0.29, 0.717) is 0 Å². The summed E-state index contributed by atoms with van der Waals surface area (Å²) >= 11 is 6.04. The molecular formula is C17H19ClN2O6S2. The van der Waals surface area contributed by atoms with Crippen LogP contribution in [-0.2, 0) is 24.8 Å². The van der Waals surface area contributed by atoms with Gasteiger partial charge in [0.25, 0.3) is 10.0 Å². The number of carbonyl (C=O) groups is 1. The maximum absolute atomic E-state index is 12.7. The Kier molecular flexibility index (Phi) is 6.71. The molecule has 0 radical (unpaired) electrons. The summed E-state index contributed by atoms with van der Waals surface area (Å²) in [6, 6.07) is 8.83. The maximum Gasteiger partial charge on any atom is 0.338 e. The van der Waals surface area contributed by atoms with Gasteiger partial charge in [-0.2, -0.15) is 0 Å². The lowest BCUT2D eigenvalue weighted by molar-refractivity contribution is 0.0378. The summed E-state index contributed by atoms with van der Waals surface area (Å²) < 4.78 is 58.6. The highest BCUT2D eigenvalue weighted by Gasteiger charge is 2.21. The highest BCUT2D eigenvalue weighted by Crippen LogP contribution is 2.27. The van der Waals surface area contributed by atoms with Crippen molar-refractivity contribution in [3.8, 4) is 0 Å². The number of anilines is 1. The van der Waals surface area contributed by atoms with E-state index in [1.165, 1.54) is 43.4 Å². The number of carbonyl (C=O) groups excluding carboxylic acids is 1. The molecule has 0 saturated heterocycles. The van der Waals surface area contributed by atoms with Gasteiger partial charge in [-0.1, -0.05) is 17.7 Å². The number of hydrogen-bond donors (Lipinski definition) is 2. The van der Waals surface area contributed by atoms with Crippen LogP contribution >= 0.6 is 11.6 Å². The van der Waals surface area contributed by atoms with Crippen LogP contribution in [0.25, 0.3) is 0 Å². The summed E-state index contributed by atoms with van der Waals surface area (Å²) in [6.45, 7) is 3.37. The topological polar surface area (TPSA) is 119 Å². The number of ether oxygens (including phenoxy) is 1. The number of benzene rings is 2. The molecule has 8 nitrogen and oxygen atoms in total. The molecule has 0 spiro atoms. The quantitative estimate of drug-likeness (QED) is 0.631. The van der Waals surface area contributed by atoms with Crippen LogP contribution in [0, 0.1) is 0 Å². The van der Waals surface area contributed by atoms with E-state index in [1.54, 1.807) is 13.8 Å². The second-order valence-electron chi connectivity index (χ2n) is 5.94. The summed E-state index contributed by atoms with van der Waals surface area (Å²) in [5.74, 6) is -0.630. The van der Waals surface area contributed by atoms with E-state index in [1.807, 2.05) is 0 Å². The van der Waals surface area contributed by atoms with Crippen molar-refractivity contribution in [3.63, 3.8) is 0 Å². The summed E-state index contributed by atoms with van der Waals surface area (Å²) in [5, 5.41) is 0.0590. The lowest BCUT2D eigenvalue weighted by Gasteiger charge is -2.13. The normalized spacial score (nSPS) is 12.0. The van der Waals surface area contributed by atoms with E-state index in [4.69, 9.17) is 16.3 Å². The van der Waals surface area contributed by atoms with Gasteiger partial charge in [0, 0.05) is 0 Å². The highest BCUT2D eigenvalue weighted by atomic mass is 35.5. The third kappa shape index (κ3) is 5.22. The van der Waals surface area contributed by atoms with Gasteiger partial charge in [-0.15, -0.1) is 0 Å². The number of rotatable bonds is 7. The first-order chi connectivity index (χ1) is 13.0. The van der Waals surface area contributed by atoms with Crippen LogP contribution in [0.1, 0.15) is 24.2 Å². The molecule has 0 aliphatic heterocycles. The van der Waals surface area contributed by atoms with E-state index >= 15 is 0 Å². The number of esters is 1. The fourth-order valence-electron chi connectivity index (χ4n) is 2.14. The van der Waals surface area contributed by atoms with Crippen LogP contribution in [0.15, 0.2) is 52.3 Å². The molecule has 2 aromatic rings. The van der Waals surface area contributed by atoms with Gasteiger partial charge in [0.05, 0.1) is 32.2 Å². The monoisotopic (exact) mass is 446 g/mol. The van der Waals surface area contributed by atoms with Crippen molar-refractivity contribution in [1.82, 2.24) is 4.72 Å². The van der Waals surface area contributed by atoms with Crippen molar-refractivity contribution in [3.05, 3.63) is 53.1 Å². The molecule has 0 saturated carbocycles. The second kappa shape index (κ2) is 8.48. The molecule has 11 heteroatoms. The van der Waals surface area contributed by atoms with Crippen molar-refractivity contribution in [2.45, 2.75) is 29.7 Å². The average molecular weight is 447 g/mol. The molecule has 0 aliphatic carbocycles. The predicted octanol–water partition coefficient (Wildman–Crippen LogP) is 2.61. The van der Waals surface area contributed by atoms with E-state index in [-0.39, 0.29) is 32.2 Å². The van der Waals surface area contributed by atoms with E-state index in [2.05, 4.69) is 9.44 Å². The molecule has 2 aromatic carbocycles. The Morgan fingerprint density at radius 2 is 1.61 bits per heavy atom. The Morgan fingerprint density at radius 3 is 2.18 bits per heavy atom. The van der Waals surface area contributed by atoms with Crippen molar-refractivity contribution < 1.29 is 26.4 Å². The molecular weight excluding hydrogens is 428 g/mol.